The predicted molar refractivity (Wildman–Crippen MR) is 54.5 cm³/mol. The van der Waals surface area contributed by atoms with Crippen LogP contribution in [0.2, 0.25) is 0 Å². The molecule has 1 aromatic carbocycles. The van der Waals surface area contributed by atoms with Crippen molar-refractivity contribution in [1.29, 1.82) is 0 Å². The minimum Gasteiger partial charge on any atom is -0.507 e. The first-order chi connectivity index (χ1) is 7.10. The summed E-state index contributed by atoms with van der Waals surface area (Å²) in [5.41, 5.74) is 0.219. The van der Waals surface area contributed by atoms with Gasteiger partial charge in [-0.25, -0.2) is 4.79 Å². The van der Waals surface area contributed by atoms with E-state index >= 15 is 0 Å². The van der Waals surface area contributed by atoms with Gasteiger partial charge in [-0.3, -0.25) is 4.79 Å². The Hall–Kier alpha value is -1.55. The van der Waals surface area contributed by atoms with E-state index in [1.54, 1.807) is 0 Å². The number of rotatable bonds is 3. The molecule has 0 atom stereocenters. The van der Waals surface area contributed by atoms with Gasteiger partial charge in [-0.05, 0) is 18.2 Å². The molecule has 1 rings (SSSR count). The number of benzene rings is 1. The Bertz CT molecular complexity index is 400. The lowest BCUT2D eigenvalue weighted by molar-refractivity contribution is 0.0597. The highest BCUT2D eigenvalue weighted by Gasteiger charge is 2.14. The van der Waals surface area contributed by atoms with E-state index < -0.39 is 5.97 Å². The molecule has 0 heterocycles. The number of phenolic OH excluding ortho intramolecular Hbond substituents is 1. The van der Waals surface area contributed by atoms with Crippen molar-refractivity contribution in [3.05, 3.63) is 29.3 Å². The van der Waals surface area contributed by atoms with E-state index in [9.17, 15) is 14.7 Å². The number of carbonyl (C=O) groups is 2. The summed E-state index contributed by atoms with van der Waals surface area (Å²) in [5, 5.41) is 9.35. The van der Waals surface area contributed by atoms with Gasteiger partial charge in [0.25, 0.3) is 0 Å². The molecule has 1 N–H and O–H groups in total. The number of methoxy groups -OCH3 is 1. The van der Waals surface area contributed by atoms with Gasteiger partial charge in [0.2, 0.25) is 0 Å². The van der Waals surface area contributed by atoms with Gasteiger partial charge in [0.15, 0.2) is 5.78 Å². The monoisotopic (exact) mass is 228 g/mol. The zero-order valence-corrected chi connectivity index (χ0v) is 8.75. The van der Waals surface area contributed by atoms with Crippen molar-refractivity contribution >= 4 is 23.4 Å². The molecule has 4 nitrogen and oxygen atoms in total. The number of phenols is 1. The number of esters is 1. The summed E-state index contributed by atoms with van der Waals surface area (Å²) in [6.45, 7) is 0. The Balaban J connectivity index is 3.16. The molecule has 0 radical (unpaired) electrons. The molecule has 0 aliphatic carbocycles. The van der Waals surface area contributed by atoms with Crippen LogP contribution in [0, 0.1) is 0 Å². The molecule has 0 unspecified atom stereocenters. The Kier molecular flexibility index (Phi) is 3.68. The molecule has 0 aromatic heterocycles. The highest BCUT2D eigenvalue weighted by molar-refractivity contribution is 6.30. The van der Waals surface area contributed by atoms with Crippen LogP contribution in [0.5, 0.6) is 5.75 Å². The van der Waals surface area contributed by atoms with E-state index in [0.717, 1.165) is 0 Å². The highest BCUT2D eigenvalue weighted by Crippen LogP contribution is 2.19. The number of aromatic hydroxyl groups is 1. The van der Waals surface area contributed by atoms with E-state index in [1.807, 2.05) is 0 Å². The third-order valence-electron chi connectivity index (χ3n) is 1.85. The van der Waals surface area contributed by atoms with Crippen LogP contribution in [0.3, 0.4) is 0 Å². The van der Waals surface area contributed by atoms with Crippen molar-refractivity contribution in [1.82, 2.24) is 0 Å². The topological polar surface area (TPSA) is 63.6 Å². The van der Waals surface area contributed by atoms with E-state index in [1.165, 1.54) is 25.3 Å². The molecule has 0 fully saturated rings. The molecular formula is C10H9ClO4. The molecule has 0 aliphatic rings. The first-order valence-corrected chi connectivity index (χ1v) is 4.64. The summed E-state index contributed by atoms with van der Waals surface area (Å²) >= 11 is 5.36. The van der Waals surface area contributed by atoms with Crippen LogP contribution in [0.4, 0.5) is 0 Å². The normalized spacial score (nSPS) is 9.73. The highest BCUT2D eigenvalue weighted by atomic mass is 35.5. The van der Waals surface area contributed by atoms with Crippen LogP contribution in [0.25, 0.3) is 0 Å². The van der Waals surface area contributed by atoms with E-state index in [2.05, 4.69) is 4.74 Å². The molecule has 0 aliphatic heterocycles. The standard InChI is InChI=1S/C10H9ClO4/c1-15-10(14)7-4-6(9(13)5-11)2-3-8(7)12/h2-4,12H,5H2,1H3. The molecule has 0 spiro atoms. The molecule has 80 valence electrons. The maximum atomic E-state index is 11.2. The van der Waals surface area contributed by atoms with Crippen molar-refractivity contribution in [3.63, 3.8) is 0 Å². The lowest BCUT2D eigenvalue weighted by atomic mass is 10.1. The zero-order chi connectivity index (χ0) is 11.4. The molecule has 0 saturated heterocycles. The Morgan fingerprint density at radius 3 is 2.67 bits per heavy atom. The fourth-order valence-electron chi connectivity index (χ4n) is 1.06. The van der Waals surface area contributed by atoms with Crippen molar-refractivity contribution in [2.75, 3.05) is 13.0 Å². The SMILES string of the molecule is COC(=O)c1cc(C(=O)CCl)ccc1O. The van der Waals surface area contributed by atoms with Crippen molar-refractivity contribution < 1.29 is 19.4 Å². The second-order valence-corrected chi connectivity index (χ2v) is 3.05. The quantitative estimate of drug-likeness (QED) is 0.485. The van der Waals surface area contributed by atoms with Gasteiger partial charge >= 0.3 is 5.97 Å². The van der Waals surface area contributed by atoms with Gasteiger partial charge < -0.3 is 9.84 Å². The number of Topliss-reactive ketones (excluding diaryl/α,β-unsaturated/α-hetero) is 1. The van der Waals surface area contributed by atoms with Gasteiger partial charge in [-0.2, -0.15) is 0 Å². The number of halogens is 1. The Labute approximate surface area is 91.4 Å². The fourth-order valence-corrected chi connectivity index (χ4v) is 1.21. The molecule has 15 heavy (non-hydrogen) atoms. The molecule has 0 saturated carbocycles. The van der Waals surface area contributed by atoms with Crippen LogP contribution >= 0.6 is 11.6 Å². The fraction of sp³-hybridized carbons (Fsp3) is 0.200. The number of carbonyl (C=O) groups excluding carboxylic acids is 2. The van der Waals surface area contributed by atoms with Crippen molar-refractivity contribution in [2.24, 2.45) is 0 Å². The third kappa shape index (κ3) is 2.47. The van der Waals surface area contributed by atoms with Crippen molar-refractivity contribution in [2.45, 2.75) is 0 Å². The minimum absolute atomic E-state index is 0.0477. The van der Waals surface area contributed by atoms with Crippen molar-refractivity contribution in [3.8, 4) is 5.75 Å². The summed E-state index contributed by atoms with van der Waals surface area (Å²) < 4.78 is 4.44. The smallest absolute Gasteiger partial charge is 0.341 e. The zero-order valence-electron chi connectivity index (χ0n) is 7.99. The number of hydrogen-bond donors (Lipinski definition) is 1. The number of ketones is 1. The van der Waals surface area contributed by atoms with Gasteiger partial charge in [-0.15, -0.1) is 11.6 Å². The Morgan fingerprint density at radius 1 is 1.47 bits per heavy atom. The summed E-state index contributed by atoms with van der Waals surface area (Å²) in [7, 11) is 1.19. The molecule has 1 aromatic rings. The average Bonchev–Trinajstić information content (AvgIpc) is 2.27. The lowest BCUT2D eigenvalue weighted by Gasteiger charge is -2.04. The Morgan fingerprint density at radius 2 is 2.13 bits per heavy atom. The maximum Gasteiger partial charge on any atom is 0.341 e. The molecule has 0 amide bonds. The number of ether oxygens (including phenoxy) is 1. The first-order valence-electron chi connectivity index (χ1n) is 4.10. The minimum atomic E-state index is -0.697. The second-order valence-electron chi connectivity index (χ2n) is 2.78. The molecular weight excluding hydrogens is 220 g/mol. The lowest BCUT2D eigenvalue weighted by Crippen LogP contribution is -2.06. The summed E-state index contributed by atoms with van der Waals surface area (Å²) in [4.78, 5) is 22.4. The van der Waals surface area contributed by atoms with E-state index in [4.69, 9.17) is 11.6 Å². The predicted octanol–water partition coefficient (Wildman–Crippen LogP) is 1.60. The summed E-state index contributed by atoms with van der Waals surface area (Å²) in [6.07, 6.45) is 0. The maximum absolute atomic E-state index is 11.2. The largest absolute Gasteiger partial charge is 0.507 e. The van der Waals surface area contributed by atoms with Crippen LogP contribution in [-0.4, -0.2) is 29.8 Å². The summed E-state index contributed by atoms with van der Waals surface area (Å²) in [6, 6.07) is 3.91. The molecule has 5 heteroatoms. The van der Waals surface area contributed by atoms with Gasteiger partial charge in [0, 0.05) is 5.56 Å². The van der Waals surface area contributed by atoms with Gasteiger partial charge in [0.1, 0.15) is 11.3 Å². The van der Waals surface area contributed by atoms with Crippen LogP contribution in [-0.2, 0) is 4.74 Å². The first kappa shape index (κ1) is 11.5. The van der Waals surface area contributed by atoms with E-state index in [0.29, 0.717) is 0 Å². The van der Waals surface area contributed by atoms with Crippen LogP contribution in [0.15, 0.2) is 18.2 Å². The van der Waals surface area contributed by atoms with Gasteiger partial charge in [-0.1, -0.05) is 0 Å². The van der Waals surface area contributed by atoms with Crippen LogP contribution < -0.4 is 0 Å². The summed E-state index contributed by atoms with van der Waals surface area (Å²) in [5.74, 6) is -1.42. The number of alkyl halides is 1. The number of hydrogen-bond acceptors (Lipinski definition) is 4. The third-order valence-corrected chi connectivity index (χ3v) is 2.09. The molecule has 0 bridgehead atoms. The van der Waals surface area contributed by atoms with E-state index in [-0.39, 0.29) is 28.5 Å². The average molecular weight is 229 g/mol. The van der Waals surface area contributed by atoms with Crippen LogP contribution in [0.1, 0.15) is 20.7 Å². The second kappa shape index (κ2) is 4.79. The van der Waals surface area contributed by atoms with Gasteiger partial charge in [0.05, 0.1) is 13.0 Å².